The standard InChI is InChI=1S/C5H13OP.CHO.Mo/c1-4-7(5-2)6-3;1-2;/h4-5H2,1-3H3;1H;/q;-1;/p+1. The van der Waals surface area contributed by atoms with E-state index in [-0.39, 0.29) is 29.2 Å². The van der Waals surface area contributed by atoms with E-state index in [0.29, 0.717) is 0 Å². The summed E-state index contributed by atoms with van der Waals surface area (Å²) in [6.45, 7) is 7.61. The zero-order valence-electron chi connectivity index (χ0n) is 6.72. The molecule has 0 heterocycles. The molecular weight excluding hydrogens is 231 g/mol. The Morgan fingerprint density at radius 3 is 1.60 bits per heavy atom. The Balaban J connectivity index is -0.000000149. The van der Waals surface area contributed by atoms with Crippen molar-refractivity contribution in [2.75, 3.05) is 19.4 Å². The Kier molecular flexibility index (Phi) is 27.9. The maximum atomic E-state index is 7.75. The van der Waals surface area contributed by atoms with Crippen LogP contribution in [0.3, 0.4) is 0 Å². The molecule has 0 radical (unpaired) electrons. The van der Waals surface area contributed by atoms with Gasteiger partial charge in [0.05, 0.1) is 19.4 Å². The van der Waals surface area contributed by atoms with Crippen LogP contribution < -0.4 is 0 Å². The Bertz CT molecular complexity index is 45.5. The summed E-state index contributed by atoms with van der Waals surface area (Å²) in [6, 6.07) is 0. The van der Waals surface area contributed by atoms with Crippen LogP contribution in [0.25, 0.3) is 0 Å². The molecule has 0 unspecified atom stereocenters. The predicted octanol–water partition coefficient (Wildman–Crippen LogP) is 1.53. The number of hydrogen-bond donors (Lipinski definition) is 0. The molecule has 0 saturated carbocycles. The second-order valence-corrected chi connectivity index (χ2v) is 4.35. The first-order chi connectivity index (χ1) is 4.35. The summed E-state index contributed by atoms with van der Waals surface area (Å²) in [6.07, 6.45) is 2.47. The van der Waals surface area contributed by atoms with Crippen LogP contribution in [-0.4, -0.2) is 26.2 Å². The van der Waals surface area contributed by atoms with Crippen LogP contribution in [0, 0.1) is 0 Å². The smallest absolute Gasteiger partial charge is 0.132 e. The third-order valence-corrected chi connectivity index (χ3v) is 3.23. The van der Waals surface area contributed by atoms with Gasteiger partial charge < -0.3 is 4.79 Å². The van der Waals surface area contributed by atoms with Gasteiger partial charge in [0.2, 0.25) is 0 Å². The van der Waals surface area contributed by atoms with Crippen LogP contribution in [0.1, 0.15) is 13.8 Å². The molecule has 0 fully saturated rings. The minimum atomic E-state index is -0.363. The average Bonchev–Trinajstić information content (AvgIpc) is 1.96. The molecule has 0 atom stereocenters. The largest absolute Gasteiger partial charge is 0.545 e. The number of carbonyl (C=O) groups excluding carboxylic acids is 1. The van der Waals surface area contributed by atoms with Crippen molar-refractivity contribution >= 4 is 14.9 Å². The number of rotatable bonds is 3. The molecule has 62 valence electrons. The first kappa shape index (κ1) is 17.0. The third-order valence-electron chi connectivity index (χ3n) is 1.08. The molecule has 0 aliphatic carbocycles. The SMILES string of the molecule is CC[PH+](CC)OC.[CH-]=O.[Mo]. The van der Waals surface area contributed by atoms with Gasteiger partial charge >= 0.3 is 0 Å². The summed E-state index contributed by atoms with van der Waals surface area (Å²) in [4.78, 5) is 7.75. The van der Waals surface area contributed by atoms with Crippen LogP contribution in [0.2, 0.25) is 0 Å². The monoisotopic (exact) mass is 248 g/mol. The first-order valence-corrected chi connectivity index (χ1v) is 4.79. The summed E-state index contributed by atoms with van der Waals surface area (Å²) in [5, 5.41) is 0. The van der Waals surface area contributed by atoms with Gasteiger partial charge in [0.1, 0.15) is 8.15 Å². The Morgan fingerprint density at radius 2 is 1.60 bits per heavy atom. The van der Waals surface area contributed by atoms with Crippen molar-refractivity contribution < 1.29 is 30.4 Å². The van der Waals surface area contributed by atoms with Gasteiger partial charge in [0.25, 0.3) is 0 Å². The number of hydrogen-bond acceptors (Lipinski definition) is 2. The van der Waals surface area contributed by atoms with Crippen LogP contribution in [0.4, 0.5) is 0 Å². The Hall–Kier alpha value is 0.748. The molecule has 2 nitrogen and oxygen atoms in total. The normalized spacial score (nSPS) is 7.60. The van der Waals surface area contributed by atoms with E-state index >= 15 is 0 Å². The van der Waals surface area contributed by atoms with Gasteiger partial charge in [-0.2, -0.15) is 0 Å². The maximum absolute atomic E-state index is 7.75. The molecule has 0 aliphatic rings. The van der Waals surface area contributed by atoms with E-state index in [1.54, 1.807) is 7.11 Å². The minimum absolute atomic E-state index is 0. The minimum Gasteiger partial charge on any atom is -0.545 e. The summed E-state index contributed by atoms with van der Waals surface area (Å²) in [7, 11) is 1.44. The van der Waals surface area contributed by atoms with Gasteiger partial charge in [0, 0.05) is 21.1 Å². The Labute approximate surface area is 78.8 Å². The third kappa shape index (κ3) is 11.5. The molecule has 0 rings (SSSR count). The van der Waals surface area contributed by atoms with E-state index in [2.05, 4.69) is 20.6 Å². The zero-order valence-corrected chi connectivity index (χ0v) is 9.72. The molecular formula is C6H15MoO2P. The van der Waals surface area contributed by atoms with Gasteiger partial charge in [-0.1, -0.05) is 0 Å². The van der Waals surface area contributed by atoms with E-state index in [9.17, 15) is 0 Å². The van der Waals surface area contributed by atoms with E-state index in [0.717, 1.165) is 0 Å². The molecule has 0 spiro atoms. The molecule has 0 saturated heterocycles. The van der Waals surface area contributed by atoms with Crippen LogP contribution >= 0.6 is 8.15 Å². The van der Waals surface area contributed by atoms with Gasteiger partial charge in [-0.05, 0) is 13.8 Å². The summed E-state index contributed by atoms with van der Waals surface area (Å²) in [5.74, 6) is 0. The van der Waals surface area contributed by atoms with Crippen molar-refractivity contribution in [1.82, 2.24) is 0 Å². The van der Waals surface area contributed by atoms with Crippen molar-refractivity contribution in [3.05, 3.63) is 0 Å². The molecule has 0 aromatic carbocycles. The van der Waals surface area contributed by atoms with Crippen LogP contribution in [0.15, 0.2) is 0 Å². The van der Waals surface area contributed by atoms with Gasteiger partial charge in [-0.25, -0.2) is 4.52 Å². The van der Waals surface area contributed by atoms with E-state index < -0.39 is 0 Å². The van der Waals surface area contributed by atoms with Gasteiger partial charge in [0.15, 0.2) is 0 Å². The molecule has 0 aromatic heterocycles. The predicted molar refractivity (Wildman–Crippen MR) is 43.2 cm³/mol. The quantitative estimate of drug-likeness (QED) is 0.326. The molecule has 0 amide bonds. The van der Waals surface area contributed by atoms with E-state index in [1.165, 1.54) is 12.3 Å². The molecule has 4 heteroatoms. The van der Waals surface area contributed by atoms with E-state index in [1.807, 2.05) is 0 Å². The van der Waals surface area contributed by atoms with Crippen molar-refractivity contribution in [3.8, 4) is 0 Å². The fourth-order valence-corrected chi connectivity index (χ4v) is 1.62. The second kappa shape index (κ2) is 16.4. The zero-order chi connectivity index (χ0) is 7.70. The molecule has 0 N–H and O–H groups in total. The van der Waals surface area contributed by atoms with Crippen molar-refractivity contribution in [2.24, 2.45) is 0 Å². The molecule has 0 aromatic rings. The molecule has 0 bridgehead atoms. The summed E-state index contributed by atoms with van der Waals surface area (Å²) in [5.41, 5.74) is 0. The van der Waals surface area contributed by atoms with Crippen molar-refractivity contribution in [3.63, 3.8) is 0 Å². The van der Waals surface area contributed by atoms with Crippen molar-refractivity contribution in [2.45, 2.75) is 13.8 Å². The van der Waals surface area contributed by atoms with Gasteiger partial charge in [-0.15, -0.1) is 0 Å². The average molecular weight is 246 g/mol. The maximum Gasteiger partial charge on any atom is 0.132 e. The van der Waals surface area contributed by atoms with E-state index in [4.69, 9.17) is 9.32 Å². The fraction of sp³-hybridized carbons (Fsp3) is 0.833. The first-order valence-electron chi connectivity index (χ1n) is 2.97. The fourth-order valence-electron chi connectivity index (χ4n) is 0.539. The van der Waals surface area contributed by atoms with Crippen LogP contribution in [0.5, 0.6) is 0 Å². The Morgan fingerprint density at radius 1 is 1.30 bits per heavy atom. The van der Waals surface area contributed by atoms with Crippen molar-refractivity contribution in [1.29, 1.82) is 0 Å². The topological polar surface area (TPSA) is 26.3 Å². The summed E-state index contributed by atoms with van der Waals surface area (Å²) < 4.78 is 5.15. The summed E-state index contributed by atoms with van der Waals surface area (Å²) >= 11 is 0. The second-order valence-electron chi connectivity index (χ2n) is 1.45. The molecule has 10 heavy (non-hydrogen) atoms. The van der Waals surface area contributed by atoms with Gasteiger partial charge in [-0.3, -0.25) is 6.79 Å². The van der Waals surface area contributed by atoms with Crippen LogP contribution in [-0.2, 0) is 30.4 Å². The molecule has 0 aliphatic heterocycles.